The highest BCUT2D eigenvalue weighted by Gasteiger charge is 2.58. The van der Waals surface area contributed by atoms with Gasteiger partial charge in [-0.15, -0.1) is 5.10 Å². The highest BCUT2D eigenvalue weighted by molar-refractivity contribution is 6.31. The number of nitrogens with zero attached hydrogens (tertiary/aromatic N) is 7. The van der Waals surface area contributed by atoms with E-state index >= 15 is 0 Å². The van der Waals surface area contributed by atoms with E-state index in [-0.39, 0.29) is 0 Å². The molecule has 1 aromatic carbocycles. The molecule has 4 aromatic rings. The fourth-order valence-corrected chi connectivity index (χ4v) is 4.72. The molecule has 10 nitrogen and oxygen atoms in total. The van der Waals surface area contributed by atoms with Crippen molar-refractivity contribution in [1.29, 1.82) is 0 Å². The average Bonchev–Trinajstić information content (AvgIpc) is 3.35. The molecule has 2 aliphatic rings. The monoisotopic (exact) mass is 449 g/mol. The Balaban J connectivity index is 1.04. The first-order valence-corrected chi connectivity index (χ1v) is 10.9. The van der Waals surface area contributed by atoms with Crippen molar-refractivity contribution in [2.75, 3.05) is 29.9 Å². The van der Waals surface area contributed by atoms with Crippen LogP contribution in [0.5, 0.6) is 0 Å². The van der Waals surface area contributed by atoms with Gasteiger partial charge in [-0.25, -0.2) is 9.97 Å². The largest absolute Gasteiger partial charge is 0.403 e. The standard InChI is InChI=1S/C21H20ClN9O/c22-16-4-2-1-3-12(16)5-6-23-20-24-7-13(8-25-20)19-28-29-21(32-19)31-10-14-15(11-31)18(14)17-9-26-30-27-17/h1-4,7-9,14-15,18H,5-6,10-11H2,(H,23,24,25)(H,26,27,30)/t14-,15+,18?. The molecule has 1 saturated carbocycles. The van der Waals surface area contributed by atoms with Crippen molar-refractivity contribution in [1.82, 2.24) is 35.6 Å². The molecule has 2 fully saturated rings. The van der Waals surface area contributed by atoms with Gasteiger partial charge in [0.15, 0.2) is 0 Å². The second-order valence-electron chi connectivity index (χ2n) is 8.11. The summed E-state index contributed by atoms with van der Waals surface area (Å²) in [6.45, 7) is 2.45. The lowest BCUT2D eigenvalue weighted by Crippen LogP contribution is -2.23. The van der Waals surface area contributed by atoms with Crippen LogP contribution in [0.4, 0.5) is 12.0 Å². The first kappa shape index (κ1) is 19.2. The van der Waals surface area contributed by atoms with Gasteiger partial charge in [0, 0.05) is 43.0 Å². The molecule has 32 heavy (non-hydrogen) atoms. The first-order chi connectivity index (χ1) is 15.8. The van der Waals surface area contributed by atoms with Crippen LogP contribution in [0.15, 0.2) is 47.3 Å². The number of hydrogen-bond acceptors (Lipinski definition) is 9. The molecule has 3 atom stereocenters. The van der Waals surface area contributed by atoms with Gasteiger partial charge in [0.1, 0.15) is 0 Å². The fraction of sp³-hybridized carbons (Fsp3) is 0.333. The van der Waals surface area contributed by atoms with Crippen LogP contribution in [0.2, 0.25) is 5.02 Å². The number of aromatic nitrogens is 7. The summed E-state index contributed by atoms with van der Waals surface area (Å²) in [6.07, 6.45) is 5.97. The van der Waals surface area contributed by atoms with E-state index in [0.29, 0.717) is 47.7 Å². The Morgan fingerprint density at radius 3 is 2.66 bits per heavy atom. The molecular formula is C21H20ClN9O. The molecule has 11 heteroatoms. The summed E-state index contributed by atoms with van der Waals surface area (Å²) in [5.74, 6) is 2.57. The van der Waals surface area contributed by atoms with Gasteiger partial charge >= 0.3 is 6.01 Å². The third-order valence-electron chi connectivity index (χ3n) is 6.19. The van der Waals surface area contributed by atoms with Crippen molar-refractivity contribution in [2.45, 2.75) is 12.3 Å². The van der Waals surface area contributed by atoms with E-state index in [4.69, 9.17) is 16.0 Å². The number of anilines is 2. The number of benzene rings is 1. The van der Waals surface area contributed by atoms with Crippen LogP contribution in [0.1, 0.15) is 17.2 Å². The molecule has 2 N–H and O–H groups in total. The average molecular weight is 450 g/mol. The highest BCUT2D eigenvalue weighted by atomic mass is 35.5. The predicted molar refractivity (Wildman–Crippen MR) is 117 cm³/mol. The zero-order valence-electron chi connectivity index (χ0n) is 17.0. The van der Waals surface area contributed by atoms with Gasteiger partial charge in [0.25, 0.3) is 5.89 Å². The van der Waals surface area contributed by atoms with Crippen LogP contribution in [0.25, 0.3) is 11.5 Å². The number of halogens is 1. The molecular weight excluding hydrogens is 430 g/mol. The SMILES string of the molecule is Clc1ccccc1CCNc1ncc(-c2nnc(N3C[C@@H]4C(c5cn[nH]n5)[C@@H]4C3)o2)cn1. The second-order valence-corrected chi connectivity index (χ2v) is 8.51. The molecule has 0 amide bonds. The molecule has 0 spiro atoms. The molecule has 4 heterocycles. The Labute approximate surface area is 188 Å². The van der Waals surface area contributed by atoms with Gasteiger partial charge in [-0.2, -0.15) is 15.4 Å². The third kappa shape index (κ3) is 3.56. The Bertz CT molecular complexity index is 1200. The van der Waals surface area contributed by atoms with Gasteiger partial charge in [-0.1, -0.05) is 34.9 Å². The van der Waals surface area contributed by atoms with E-state index in [0.717, 1.165) is 35.8 Å². The quantitative estimate of drug-likeness (QED) is 0.438. The van der Waals surface area contributed by atoms with E-state index in [2.05, 4.69) is 45.8 Å². The molecule has 1 aliphatic carbocycles. The number of aromatic amines is 1. The summed E-state index contributed by atoms with van der Waals surface area (Å²) in [6, 6.07) is 8.34. The molecule has 1 aliphatic heterocycles. The van der Waals surface area contributed by atoms with Crippen molar-refractivity contribution in [3.8, 4) is 11.5 Å². The Morgan fingerprint density at radius 1 is 1.09 bits per heavy atom. The van der Waals surface area contributed by atoms with E-state index in [1.54, 1.807) is 12.4 Å². The zero-order valence-corrected chi connectivity index (χ0v) is 17.8. The smallest absolute Gasteiger partial charge is 0.318 e. The van der Waals surface area contributed by atoms with Crippen molar-refractivity contribution in [3.05, 3.63) is 59.1 Å². The lowest BCUT2D eigenvalue weighted by molar-refractivity contribution is 0.543. The maximum Gasteiger partial charge on any atom is 0.318 e. The van der Waals surface area contributed by atoms with Gasteiger partial charge in [-0.3, -0.25) is 0 Å². The van der Waals surface area contributed by atoms with Crippen LogP contribution in [0.3, 0.4) is 0 Å². The Hall–Kier alpha value is -3.53. The molecule has 6 rings (SSSR count). The molecule has 3 aromatic heterocycles. The summed E-state index contributed by atoms with van der Waals surface area (Å²) in [5, 5.41) is 23.2. The summed E-state index contributed by atoms with van der Waals surface area (Å²) < 4.78 is 5.89. The van der Waals surface area contributed by atoms with E-state index in [9.17, 15) is 0 Å². The third-order valence-corrected chi connectivity index (χ3v) is 6.56. The maximum absolute atomic E-state index is 6.19. The van der Waals surface area contributed by atoms with Crippen molar-refractivity contribution in [2.24, 2.45) is 11.8 Å². The molecule has 1 saturated heterocycles. The van der Waals surface area contributed by atoms with E-state index in [1.165, 1.54) is 0 Å². The summed E-state index contributed by atoms with van der Waals surface area (Å²) in [7, 11) is 0. The summed E-state index contributed by atoms with van der Waals surface area (Å²) in [4.78, 5) is 10.9. The van der Waals surface area contributed by atoms with Crippen LogP contribution in [-0.2, 0) is 6.42 Å². The number of hydrogen-bond donors (Lipinski definition) is 2. The maximum atomic E-state index is 6.19. The van der Waals surface area contributed by atoms with Crippen LogP contribution in [0, 0.1) is 11.8 Å². The predicted octanol–water partition coefficient (Wildman–Crippen LogP) is 2.80. The topological polar surface area (TPSA) is 122 Å². The van der Waals surface area contributed by atoms with E-state index in [1.807, 2.05) is 30.5 Å². The normalized spacial score (nSPS) is 21.5. The van der Waals surface area contributed by atoms with Gasteiger partial charge in [0.2, 0.25) is 5.95 Å². The minimum absolute atomic E-state index is 0.413. The summed E-state index contributed by atoms with van der Waals surface area (Å²) >= 11 is 6.19. The van der Waals surface area contributed by atoms with Crippen molar-refractivity contribution in [3.63, 3.8) is 0 Å². The van der Waals surface area contributed by atoms with Gasteiger partial charge < -0.3 is 14.6 Å². The molecule has 1 unspecified atom stereocenters. The van der Waals surface area contributed by atoms with Crippen molar-refractivity contribution >= 4 is 23.6 Å². The van der Waals surface area contributed by atoms with Crippen LogP contribution >= 0.6 is 11.6 Å². The van der Waals surface area contributed by atoms with Crippen LogP contribution < -0.4 is 10.2 Å². The lowest BCUT2D eigenvalue weighted by atomic mass is 10.1. The number of H-pyrrole nitrogens is 1. The van der Waals surface area contributed by atoms with E-state index < -0.39 is 0 Å². The number of piperidine rings is 1. The van der Waals surface area contributed by atoms with Gasteiger partial charge in [0.05, 0.1) is 17.5 Å². The number of fused-ring (bicyclic) bond motifs is 1. The Morgan fingerprint density at radius 2 is 1.91 bits per heavy atom. The first-order valence-electron chi connectivity index (χ1n) is 10.5. The minimum Gasteiger partial charge on any atom is -0.403 e. The fourth-order valence-electron chi connectivity index (χ4n) is 4.49. The van der Waals surface area contributed by atoms with Crippen molar-refractivity contribution < 1.29 is 4.42 Å². The summed E-state index contributed by atoms with van der Waals surface area (Å²) in [5.41, 5.74) is 2.82. The number of nitrogens with one attached hydrogen (secondary N) is 2. The lowest BCUT2D eigenvalue weighted by Gasteiger charge is -2.15. The molecule has 0 radical (unpaired) electrons. The molecule has 0 bridgehead atoms. The highest BCUT2D eigenvalue weighted by Crippen LogP contribution is 2.58. The Kier molecular flexibility index (Phi) is 4.71. The minimum atomic E-state index is 0.413. The van der Waals surface area contributed by atoms with Gasteiger partial charge in [-0.05, 0) is 29.9 Å². The second kappa shape index (κ2) is 7.86. The van der Waals surface area contributed by atoms with Crippen LogP contribution in [-0.4, -0.2) is 55.2 Å². The zero-order chi connectivity index (χ0) is 21.5. The number of rotatable bonds is 7. The molecule has 162 valence electrons.